The number of anilines is 1. The summed E-state index contributed by atoms with van der Waals surface area (Å²) in [6.07, 6.45) is -4.51. The minimum absolute atomic E-state index is 0.0195. The van der Waals surface area contributed by atoms with Gasteiger partial charge in [0.25, 0.3) is 0 Å². The van der Waals surface area contributed by atoms with E-state index >= 15 is 0 Å². The Hall–Kier alpha value is -1.82. The van der Waals surface area contributed by atoms with Crippen molar-refractivity contribution in [2.75, 3.05) is 5.73 Å². The van der Waals surface area contributed by atoms with Crippen LogP contribution in [0, 0.1) is 0 Å². The highest BCUT2D eigenvalue weighted by atomic mass is 32.2. The molecule has 0 bridgehead atoms. The number of benzene rings is 2. The molecule has 106 valence electrons. The fourth-order valence-electron chi connectivity index (χ4n) is 1.78. The van der Waals surface area contributed by atoms with E-state index < -0.39 is 22.5 Å². The molecule has 0 aromatic heterocycles. The van der Waals surface area contributed by atoms with Gasteiger partial charge in [-0.1, -0.05) is 24.3 Å². The Labute approximate surface area is 116 Å². The average molecular weight is 299 g/mol. The van der Waals surface area contributed by atoms with Crippen LogP contribution in [0.15, 0.2) is 53.4 Å². The second kappa shape index (κ2) is 5.66. The minimum Gasteiger partial charge on any atom is -0.399 e. The van der Waals surface area contributed by atoms with E-state index in [-0.39, 0.29) is 17.0 Å². The van der Waals surface area contributed by atoms with E-state index in [4.69, 9.17) is 5.73 Å². The number of hydrogen-bond acceptors (Lipinski definition) is 2. The predicted molar refractivity (Wildman–Crippen MR) is 72.4 cm³/mol. The lowest BCUT2D eigenvalue weighted by atomic mass is 10.1. The Morgan fingerprint density at radius 1 is 1.05 bits per heavy atom. The Morgan fingerprint density at radius 2 is 1.70 bits per heavy atom. The molecule has 0 heterocycles. The highest BCUT2D eigenvalue weighted by molar-refractivity contribution is 7.84. The Kier molecular flexibility index (Phi) is 4.13. The fourth-order valence-corrected chi connectivity index (χ4v) is 2.94. The zero-order chi connectivity index (χ0) is 14.8. The van der Waals surface area contributed by atoms with E-state index in [9.17, 15) is 17.4 Å². The molecular weight excluding hydrogens is 287 g/mol. The van der Waals surface area contributed by atoms with Gasteiger partial charge in [0.1, 0.15) is 0 Å². The fraction of sp³-hybridized carbons (Fsp3) is 0.143. The molecule has 0 aliphatic rings. The van der Waals surface area contributed by atoms with Crippen LogP contribution in [-0.2, 0) is 22.7 Å². The molecule has 0 fully saturated rings. The van der Waals surface area contributed by atoms with Crippen molar-refractivity contribution in [3.05, 3.63) is 59.7 Å². The predicted octanol–water partition coefficient (Wildman–Crippen LogP) is 3.60. The van der Waals surface area contributed by atoms with Gasteiger partial charge in [-0.25, -0.2) is 0 Å². The third-order valence-electron chi connectivity index (χ3n) is 2.73. The number of halogens is 3. The van der Waals surface area contributed by atoms with E-state index in [1.165, 1.54) is 12.1 Å². The molecule has 0 aliphatic carbocycles. The van der Waals surface area contributed by atoms with Crippen molar-refractivity contribution in [3.8, 4) is 0 Å². The van der Waals surface area contributed by atoms with Crippen molar-refractivity contribution in [3.63, 3.8) is 0 Å². The molecule has 0 amide bonds. The van der Waals surface area contributed by atoms with E-state index in [0.29, 0.717) is 4.90 Å². The van der Waals surface area contributed by atoms with Crippen molar-refractivity contribution in [1.82, 2.24) is 0 Å². The first-order chi connectivity index (χ1) is 9.38. The van der Waals surface area contributed by atoms with Crippen LogP contribution in [0.3, 0.4) is 0 Å². The Bertz CT molecular complexity index is 626. The maximum atomic E-state index is 12.9. The van der Waals surface area contributed by atoms with Gasteiger partial charge < -0.3 is 5.73 Å². The molecule has 2 aromatic carbocycles. The van der Waals surface area contributed by atoms with Crippen LogP contribution in [0.25, 0.3) is 0 Å². The van der Waals surface area contributed by atoms with Gasteiger partial charge in [0, 0.05) is 10.6 Å². The van der Waals surface area contributed by atoms with E-state index in [1.54, 1.807) is 30.3 Å². The third-order valence-corrected chi connectivity index (χ3v) is 4.10. The number of nitrogens with two attached hydrogens (primary N) is 1. The molecule has 0 radical (unpaired) electrons. The molecule has 2 aromatic rings. The summed E-state index contributed by atoms with van der Waals surface area (Å²) in [6.45, 7) is 0. The molecule has 0 spiro atoms. The van der Waals surface area contributed by atoms with E-state index in [2.05, 4.69) is 0 Å². The van der Waals surface area contributed by atoms with Crippen LogP contribution in [0.2, 0.25) is 0 Å². The summed E-state index contributed by atoms with van der Waals surface area (Å²) in [4.78, 5) is 0.498. The van der Waals surface area contributed by atoms with Crippen LogP contribution < -0.4 is 5.73 Å². The number of rotatable bonds is 3. The first-order valence-electron chi connectivity index (χ1n) is 5.77. The zero-order valence-electron chi connectivity index (χ0n) is 10.4. The molecule has 2 nitrogen and oxygen atoms in total. The topological polar surface area (TPSA) is 43.1 Å². The molecule has 1 unspecified atom stereocenters. The third kappa shape index (κ3) is 3.39. The van der Waals surface area contributed by atoms with Crippen LogP contribution in [0.4, 0.5) is 18.9 Å². The maximum Gasteiger partial charge on any atom is 0.416 e. The molecule has 20 heavy (non-hydrogen) atoms. The highest BCUT2D eigenvalue weighted by Gasteiger charge is 2.33. The standard InChI is InChI=1S/C14H12F3NOS/c15-14(16,17)13-8-11(18)7-6-10(13)9-20(19)12-4-2-1-3-5-12/h1-8H,9,18H2. The van der Waals surface area contributed by atoms with Gasteiger partial charge >= 0.3 is 6.18 Å². The van der Waals surface area contributed by atoms with Crippen LogP contribution in [0.5, 0.6) is 0 Å². The van der Waals surface area contributed by atoms with Gasteiger partial charge in [-0.2, -0.15) is 13.2 Å². The van der Waals surface area contributed by atoms with E-state index in [1.807, 2.05) is 0 Å². The van der Waals surface area contributed by atoms with Gasteiger partial charge in [-0.15, -0.1) is 0 Å². The SMILES string of the molecule is Nc1ccc(CS(=O)c2ccccc2)c(C(F)(F)F)c1. The van der Waals surface area contributed by atoms with E-state index in [0.717, 1.165) is 6.07 Å². The minimum atomic E-state index is -4.51. The van der Waals surface area contributed by atoms with Gasteiger partial charge in [-0.3, -0.25) is 4.21 Å². The molecule has 0 aliphatic heterocycles. The number of hydrogen-bond donors (Lipinski definition) is 1. The van der Waals surface area contributed by atoms with Crippen LogP contribution in [-0.4, -0.2) is 4.21 Å². The Balaban J connectivity index is 2.33. The lowest BCUT2D eigenvalue weighted by Gasteiger charge is -2.13. The molecule has 0 saturated heterocycles. The van der Waals surface area contributed by atoms with Crippen LogP contribution in [0.1, 0.15) is 11.1 Å². The molecule has 2 rings (SSSR count). The largest absolute Gasteiger partial charge is 0.416 e. The average Bonchev–Trinajstić information content (AvgIpc) is 2.40. The number of alkyl halides is 3. The quantitative estimate of drug-likeness (QED) is 0.880. The molecule has 0 saturated carbocycles. The number of nitrogen functional groups attached to an aromatic ring is 1. The van der Waals surface area contributed by atoms with Gasteiger partial charge in [0.2, 0.25) is 0 Å². The summed E-state index contributed by atoms with van der Waals surface area (Å²) < 4.78 is 50.9. The summed E-state index contributed by atoms with van der Waals surface area (Å²) in [5.74, 6) is -0.195. The zero-order valence-corrected chi connectivity index (χ0v) is 11.2. The smallest absolute Gasteiger partial charge is 0.399 e. The highest BCUT2D eigenvalue weighted by Crippen LogP contribution is 2.34. The second-order valence-electron chi connectivity index (χ2n) is 4.22. The first-order valence-corrected chi connectivity index (χ1v) is 7.09. The van der Waals surface area contributed by atoms with Crippen molar-refractivity contribution < 1.29 is 17.4 Å². The maximum absolute atomic E-state index is 12.9. The summed E-state index contributed by atoms with van der Waals surface area (Å²) >= 11 is 0. The lowest BCUT2D eigenvalue weighted by molar-refractivity contribution is -0.138. The second-order valence-corrected chi connectivity index (χ2v) is 5.67. The van der Waals surface area contributed by atoms with Gasteiger partial charge in [0.15, 0.2) is 0 Å². The van der Waals surface area contributed by atoms with Crippen LogP contribution >= 0.6 is 0 Å². The first kappa shape index (κ1) is 14.6. The molecule has 1 atom stereocenters. The Morgan fingerprint density at radius 3 is 2.30 bits per heavy atom. The van der Waals surface area contributed by atoms with Crippen molar-refractivity contribution in [2.45, 2.75) is 16.8 Å². The molecule has 2 N–H and O–H groups in total. The van der Waals surface area contributed by atoms with Crippen molar-refractivity contribution in [1.29, 1.82) is 0 Å². The monoisotopic (exact) mass is 299 g/mol. The van der Waals surface area contributed by atoms with Gasteiger partial charge in [0.05, 0.1) is 22.1 Å². The van der Waals surface area contributed by atoms with Gasteiger partial charge in [-0.05, 0) is 29.8 Å². The summed E-state index contributed by atoms with van der Waals surface area (Å²) in [6, 6.07) is 11.9. The molecule has 6 heteroatoms. The molecular formula is C14H12F3NOS. The summed E-state index contributed by atoms with van der Waals surface area (Å²) in [7, 11) is -1.53. The lowest BCUT2D eigenvalue weighted by Crippen LogP contribution is -2.11. The normalized spacial score (nSPS) is 13.2. The van der Waals surface area contributed by atoms with Crippen molar-refractivity contribution >= 4 is 16.5 Å². The summed E-state index contributed by atoms with van der Waals surface area (Å²) in [5.41, 5.74) is 4.57. The van der Waals surface area contributed by atoms with Crippen molar-refractivity contribution in [2.24, 2.45) is 0 Å². The summed E-state index contributed by atoms with van der Waals surface area (Å²) in [5, 5.41) is 0.